The minimum Gasteiger partial charge on any atom is -0.370 e. The third-order valence-corrected chi connectivity index (χ3v) is 9.70. The number of nitrogens with one attached hydrogen (secondary N) is 1. The lowest BCUT2D eigenvalue weighted by Gasteiger charge is -2.40. The Bertz CT molecular complexity index is 1360. The lowest BCUT2D eigenvalue weighted by molar-refractivity contribution is -0.140. The molecule has 5 unspecified atom stereocenters. The summed E-state index contributed by atoms with van der Waals surface area (Å²) < 4.78 is 0.892. The molecule has 0 bridgehead atoms. The van der Waals surface area contributed by atoms with E-state index in [1.54, 1.807) is 16.7 Å². The van der Waals surface area contributed by atoms with Crippen LogP contribution in [0.1, 0.15) is 46.3 Å². The predicted octanol–water partition coefficient (Wildman–Crippen LogP) is 2.15. The number of aliphatic imine (C=N–C) groups is 1. The Kier molecular flexibility index (Phi) is 8.15. The number of Topliss-reactive ketones (excluding diaryl/α,β-unsaturated/α-hetero) is 1. The number of fused-ring (bicyclic) bond motifs is 2. The summed E-state index contributed by atoms with van der Waals surface area (Å²) >= 11 is 2.91. The average Bonchev–Trinajstić information content (AvgIpc) is 3.57. The molecular weight excluding hydrogens is 534 g/mol. The van der Waals surface area contributed by atoms with Gasteiger partial charge in [0.15, 0.2) is 11.0 Å². The van der Waals surface area contributed by atoms with E-state index in [2.05, 4.69) is 15.3 Å². The van der Waals surface area contributed by atoms with Crippen molar-refractivity contribution in [2.45, 2.75) is 54.4 Å². The number of para-hydroxylation sites is 1. The van der Waals surface area contributed by atoms with Gasteiger partial charge in [0.1, 0.15) is 12.1 Å². The van der Waals surface area contributed by atoms with E-state index in [1.165, 1.54) is 11.3 Å². The Morgan fingerprint density at radius 2 is 1.85 bits per heavy atom. The number of rotatable bonds is 9. The highest BCUT2D eigenvalue weighted by atomic mass is 32.2. The summed E-state index contributed by atoms with van der Waals surface area (Å²) in [5.41, 5.74) is 19.0. The van der Waals surface area contributed by atoms with Crippen LogP contribution < -0.4 is 22.5 Å². The van der Waals surface area contributed by atoms with Crippen molar-refractivity contribution in [3.05, 3.63) is 65.2 Å². The zero-order chi connectivity index (χ0) is 27.5. The molecule has 0 radical (unpaired) electrons. The van der Waals surface area contributed by atoms with Gasteiger partial charge in [-0.25, -0.2) is 4.98 Å². The number of carbonyl (C=O) groups excluding carboxylic acids is 3. The lowest BCUT2D eigenvalue weighted by atomic mass is 10.0. The standard InChI is InChI=1S/C27H31N7O3S2/c28-21-23(15-7-2-1-3-8-15)39-20-13-12-18(34(20)26(21)37)24(36)32-17(10-6-14-31-27(29)30)22(35)25-33-16-9-4-5-11-19(16)38-25/h1-5,7-9,11,17-18,20-21,23H,6,10,12-14,28H2,(H,32,36)(H4,29,30,31). The summed E-state index contributed by atoms with van der Waals surface area (Å²) in [6.07, 6.45) is 1.98. The van der Waals surface area contributed by atoms with E-state index in [0.29, 0.717) is 37.2 Å². The molecule has 3 heterocycles. The van der Waals surface area contributed by atoms with Crippen molar-refractivity contribution in [3.63, 3.8) is 0 Å². The molecule has 7 N–H and O–H groups in total. The van der Waals surface area contributed by atoms with Crippen LogP contribution in [0.4, 0.5) is 0 Å². The number of benzene rings is 2. The summed E-state index contributed by atoms with van der Waals surface area (Å²) in [4.78, 5) is 50.6. The number of hydrogen-bond donors (Lipinski definition) is 4. The van der Waals surface area contributed by atoms with E-state index < -0.39 is 18.1 Å². The molecule has 5 atom stereocenters. The molecule has 12 heteroatoms. The summed E-state index contributed by atoms with van der Waals surface area (Å²) in [5.74, 6) is -0.912. The van der Waals surface area contributed by atoms with Gasteiger partial charge in [0.2, 0.25) is 17.6 Å². The van der Waals surface area contributed by atoms with E-state index >= 15 is 0 Å². The SMILES string of the molecule is NC(N)=NCCCC(NC(=O)C1CCC2SC(c3ccccc3)C(N)C(=O)N21)C(=O)c1nc2ccccc2s1. The number of guanidine groups is 1. The third kappa shape index (κ3) is 5.77. The van der Waals surface area contributed by atoms with Crippen LogP contribution in [0, 0.1) is 0 Å². The zero-order valence-electron chi connectivity index (χ0n) is 21.2. The molecule has 0 spiro atoms. The molecule has 2 aromatic carbocycles. The minimum absolute atomic E-state index is 0.0312. The molecule has 1 aromatic heterocycles. The van der Waals surface area contributed by atoms with Gasteiger partial charge in [0.05, 0.1) is 26.9 Å². The van der Waals surface area contributed by atoms with E-state index in [9.17, 15) is 14.4 Å². The Labute approximate surface area is 234 Å². The maximum atomic E-state index is 13.6. The van der Waals surface area contributed by atoms with Crippen molar-refractivity contribution in [3.8, 4) is 0 Å². The number of hydrogen-bond acceptors (Lipinski definition) is 8. The van der Waals surface area contributed by atoms with Gasteiger partial charge in [-0.1, -0.05) is 42.5 Å². The number of nitrogens with two attached hydrogens (primary N) is 3. The number of ketones is 1. The van der Waals surface area contributed by atoms with Crippen molar-refractivity contribution < 1.29 is 14.4 Å². The van der Waals surface area contributed by atoms with E-state index in [1.807, 2.05) is 54.6 Å². The van der Waals surface area contributed by atoms with Crippen LogP contribution in [0.15, 0.2) is 59.6 Å². The molecule has 10 nitrogen and oxygen atoms in total. The molecule has 0 aliphatic carbocycles. The van der Waals surface area contributed by atoms with Crippen molar-refractivity contribution in [1.82, 2.24) is 15.2 Å². The fourth-order valence-corrected chi connectivity index (χ4v) is 7.67. The van der Waals surface area contributed by atoms with Gasteiger partial charge in [0.25, 0.3) is 0 Å². The quantitative estimate of drug-likeness (QED) is 0.132. The second-order valence-electron chi connectivity index (χ2n) is 9.65. The van der Waals surface area contributed by atoms with Crippen LogP contribution in [0.3, 0.4) is 0 Å². The zero-order valence-corrected chi connectivity index (χ0v) is 22.9. The van der Waals surface area contributed by atoms with Crippen LogP contribution in [0.5, 0.6) is 0 Å². The van der Waals surface area contributed by atoms with Gasteiger partial charge in [-0.2, -0.15) is 0 Å². The molecule has 39 heavy (non-hydrogen) atoms. The maximum Gasteiger partial charge on any atom is 0.243 e. The molecule has 5 rings (SSSR count). The monoisotopic (exact) mass is 565 g/mol. The molecule has 2 saturated heterocycles. The highest BCUT2D eigenvalue weighted by Crippen LogP contribution is 2.46. The topological polar surface area (TPSA) is 170 Å². The van der Waals surface area contributed by atoms with Gasteiger partial charge in [-0.05, 0) is 43.4 Å². The first kappa shape index (κ1) is 27.1. The second-order valence-corrected chi connectivity index (χ2v) is 12.0. The van der Waals surface area contributed by atoms with Gasteiger partial charge in [0, 0.05) is 6.54 Å². The fraction of sp³-hybridized carbons (Fsp3) is 0.370. The molecule has 0 saturated carbocycles. The summed E-state index contributed by atoms with van der Waals surface area (Å²) in [6, 6.07) is 15.0. The van der Waals surface area contributed by atoms with Crippen molar-refractivity contribution in [2.75, 3.05) is 6.54 Å². The van der Waals surface area contributed by atoms with Gasteiger partial charge >= 0.3 is 0 Å². The van der Waals surface area contributed by atoms with Gasteiger partial charge in [-0.3, -0.25) is 19.4 Å². The second kappa shape index (κ2) is 11.7. The van der Waals surface area contributed by atoms with Crippen molar-refractivity contribution >= 4 is 56.9 Å². The first-order valence-electron chi connectivity index (χ1n) is 12.9. The average molecular weight is 566 g/mol. The van der Waals surface area contributed by atoms with Crippen molar-refractivity contribution in [1.29, 1.82) is 0 Å². The van der Waals surface area contributed by atoms with Crippen LogP contribution in [-0.2, 0) is 9.59 Å². The molecule has 3 aromatic rings. The third-order valence-electron chi connectivity index (χ3n) is 7.02. The molecule has 2 fully saturated rings. The molecule has 204 valence electrons. The highest BCUT2D eigenvalue weighted by Gasteiger charge is 2.49. The molecule has 2 aliphatic heterocycles. The van der Waals surface area contributed by atoms with Crippen LogP contribution in [0.2, 0.25) is 0 Å². The Morgan fingerprint density at radius 1 is 1.10 bits per heavy atom. The number of carbonyl (C=O) groups is 3. The number of thiazole rings is 1. The molecule has 2 aliphatic rings. The number of amides is 2. The Hall–Kier alpha value is -3.48. The largest absolute Gasteiger partial charge is 0.370 e. The van der Waals surface area contributed by atoms with Crippen LogP contribution in [-0.4, -0.2) is 63.5 Å². The predicted molar refractivity (Wildman–Crippen MR) is 154 cm³/mol. The first-order chi connectivity index (χ1) is 18.8. The van der Waals surface area contributed by atoms with Gasteiger partial charge in [-0.15, -0.1) is 23.1 Å². The van der Waals surface area contributed by atoms with Crippen LogP contribution in [0.25, 0.3) is 10.2 Å². The molecule has 2 amide bonds. The first-order valence-corrected chi connectivity index (χ1v) is 14.6. The van der Waals surface area contributed by atoms with Crippen LogP contribution >= 0.6 is 23.1 Å². The normalized spacial score (nSPS) is 23.3. The van der Waals surface area contributed by atoms with E-state index in [0.717, 1.165) is 15.8 Å². The Balaban J connectivity index is 1.32. The van der Waals surface area contributed by atoms with Gasteiger partial charge < -0.3 is 27.4 Å². The smallest absolute Gasteiger partial charge is 0.243 e. The number of thioether (sulfide) groups is 1. The highest BCUT2D eigenvalue weighted by molar-refractivity contribution is 8.00. The Morgan fingerprint density at radius 3 is 2.59 bits per heavy atom. The maximum absolute atomic E-state index is 13.6. The minimum atomic E-state index is -0.829. The fourth-order valence-electron chi connectivity index (χ4n) is 5.12. The summed E-state index contributed by atoms with van der Waals surface area (Å²) in [7, 11) is 0. The number of aromatic nitrogens is 1. The lowest BCUT2D eigenvalue weighted by Crippen LogP contribution is -2.58. The summed E-state index contributed by atoms with van der Waals surface area (Å²) in [5, 5.41) is 2.92. The summed E-state index contributed by atoms with van der Waals surface area (Å²) in [6.45, 7) is 0.324. The van der Waals surface area contributed by atoms with Crippen molar-refractivity contribution in [2.24, 2.45) is 22.2 Å². The van der Waals surface area contributed by atoms with E-state index in [4.69, 9.17) is 17.2 Å². The van der Waals surface area contributed by atoms with E-state index in [-0.39, 0.29) is 34.2 Å². The number of nitrogens with zero attached hydrogens (tertiary/aromatic N) is 3. The molecular formula is C27H31N7O3S2.